The SMILES string of the molecule is O=C(CO)OC(=O)CO.[NaH]. The molecule has 10 heavy (non-hydrogen) atoms. The van der Waals surface area contributed by atoms with E-state index in [0.717, 1.165) is 0 Å². The number of carbonyl (C=O) groups is 2. The van der Waals surface area contributed by atoms with Crippen LogP contribution in [-0.4, -0.2) is 64.9 Å². The molecule has 0 radical (unpaired) electrons. The third kappa shape index (κ3) is 6.18. The summed E-state index contributed by atoms with van der Waals surface area (Å²) in [7, 11) is 0. The molecular weight excluding hydrogens is 151 g/mol. The van der Waals surface area contributed by atoms with Crippen LogP contribution in [0.2, 0.25) is 0 Å². The number of rotatable bonds is 2. The Morgan fingerprint density at radius 3 is 1.60 bits per heavy atom. The molecule has 0 aromatic rings. The van der Waals surface area contributed by atoms with E-state index in [-0.39, 0.29) is 29.6 Å². The average molecular weight is 158 g/mol. The Hall–Kier alpha value is 0.0600. The first kappa shape index (κ1) is 12.7. The van der Waals surface area contributed by atoms with E-state index in [1.54, 1.807) is 0 Å². The normalized spacial score (nSPS) is 7.80. The molecule has 5 nitrogen and oxygen atoms in total. The molecule has 0 bridgehead atoms. The van der Waals surface area contributed by atoms with Crippen molar-refractivity contribution in [3.63, 3.8) is 0 Å². The summed E-state index contributed by atoms with van der Waals surface area (Å²) in [6.07, 6.45) is 0. The van der Waals surface area contributed by atoms with Crippen LogP contribution in [0.15, 0.2) is 0 Å². The minimum atomic E-state index is -1.06. The summed E-state index contributed by atoms with van der Waals surface area (Å²) >= 11 is 0. The Labute approximate surface area is 79.3 Å². The van der Waals surface area contributed by atoms with Gasteiger partial charge in [-0.1, -0.05) is 0 Å². The molecule has 0 aromatic heterocycles. The fraction of sp³-hybridized carbons (Fsp3) is 0.500. The van der Waals surface area contributed by atoms with Crippen molar-refractivity contribution in [1.29, 1.82) is 0 Å². The fourth-order valence-corrected chi connectivity index (χ4v) is 0.192. The monoisotopic (exact) mass is 158 g/mol. The average Bonchev–Trinajstić information content (AvgIpc) is 1.87. The molecule has 0 saturated carbocycles. The first-order valence-electron chi connectivity index (χ1n) is 2.16. The van der Waals surface area contributed by atoms with Crippen molar-refractivity contribution in [3.8, 4) is 0 Å². The molecule has 0 saturated heterocycles. The van der Waals surface area contributed by atoms with Gasteiger partial charge in [-0.2, -0.15) is 0 Å². The second-order valence-electron chi connectivity index (χ2n) is 1.16. The van der Waals surface area contributed by atoms with Gasteiger partial charge in [0.15, 0.2) is 0 Å². The summed E-state index contributed by atoms with van der Waals surface area (Å²) < 4.78 is 3.77. The molecule has 0 heterocycles. The Bertz CT molecular complexity index is 109. The summed E-state index contributed by atoms with van der Waals surface area (Å²) in [5.74, 6) is -2.12. The van der Waals surface area contributed by atoms with Crippen LogP contribution < -0.4 is 0 Å². The van der Waals surface area contributed by atoms with Crippen LogP contribution >= 0.6 is 0 Å². The zero-order valence-corrected chi connectivity index (χ0v) is 4.53. The number of carbonyl (C=O) groups excluding carboxylic acids is 2. The Balaban J connectivity index is 0. The second-order valence-corrected chi connectivity index (χ2v) is 1.16. The van der Waals surface area contributed by atoms with Crippen LogP contribution in [0.4, 0.5) is 0 Å². The molecule has 0 aliphatic rings. The Kier molecular flexibility index (Phi) is 9.11. The summed E-state index contributed by atoms with van der Waals surface area (Å²) in [6.45, 7) is -1.71. The van der Waals surface area contributed by atoms with Crippen LogP contribution in [0.25, 0.3) is 0 Å². The number of esters is 2. The van der Waals surface area contributed by atoms with Gasteiger partial charge in [-0.25, -0.2) is 9.59 Å². The first-order valence-corrected chi connectivity index (χ1v) is 2.16. The maximum atomic E-state index is 9.98. The summed E-state index contributed by atoms with van der Waals surface area (Å²) in [6, 6.07) is 0. The number of ether oxygens (including phenoxy) is 1. The molecule has 0 aliphatic heterocycles. The summed E-state index contributed by atoms with van der Waals surface area (Å²) in [5.41, 5.74) is 0. The summed E-state index contributed by atoms with van der Waals surface area (Å²) in [4.78, 5) is 20.0. The van der Waals surface area contributed by atoms with Gasteiger partial charge in [-0.05, 0) is 0 Å². The maximum absolute atomic E-state index is 9.98. The van der Waals surface area contributed by atoms with Crippen molar-refractivity contribution in [1.82, 2.24) is 0 Å². The topological polar surface area (TPSA) is 83.8 Å². The predicted octanol–water partition coefficient (Wildman–Crippen LogP) is -2.61. The molecule has 0 atom stereocenters. The molecule has 0 aromatic carbocycles. The van der Waals surface area contributed by atoms with Crippen molar-refractivity contribution in [2.45, 2.75) is 0 Å². The molecule has 0 rings (SSSR count). The quantitative estimate of drug-likeness (QED) is 0.261. The molecule has 2 N–H and O–H groups in total. The minimum absolute atomic E-state index is 0. The van der Waals surface area contributed by atoms with E-state index in [0.29, 0.717) is 0 Å². The van der Waals surface area contributed by atoms with Gasteiger partial charge in [-0.15, -0.1) is 0 Å². The number of aliphatic hydroxyl groups excluding tert-OH is 2. The predicted molar refractivity (Wildman–Crippen MR) is 32.4 cm³/mol. The van der Waals surface area contributed by atoms with E-state index in [1.165, 1.54) is 0 Å². The molecule has 0 spiro atoms. The third-order valence-corrected chi connectivity index (χ3v) is 0.486. The van der Waals surface area contributed by atoms with Gasteiger partial charge in [0.25, 0.3) is 0 Å². The Morgan fingerprint density at radius 2 is 1.40 bits per heavy atom. The van der Waals surface area contributed by atoms with Crippen molar-refractivity contribution in [2.75, 3.05) is 13.2 Å². The van der Waals surface area contributed by atoms with E-state index in [1.807, 2.05) is 0 Å². The van der Waals surface area contributed by atoms with E-state index in [2.05, 4.69) is 4.74 Å². The van der Waals surface area contributed by atoms with Crippen LogP contribution in [0, 0.1) is 0 Å². The molecule has 0 unspecified atom stereocenters. The van der Waals surface area contributed by atoms with E-state index >= 15 is 0 Å². The van der Waals surface area contributed by atoms with Gasteiger partial charge in [0.2, 0.25) is 0 Å². The standard InChI is InChI=1S/C4H6O5.Na.H/c5-1-3(7)9-4(8)2-6;;/h5-6H,1-2H2;;. The van der Waals surface area contributed by atoms with Crippen LogP contribution in [-0.2, 0) is 14.3 Å². The Morgan fingerprint density at radius 1 is 1.10 bits per heavy atom. The van der Waals surface area contributed by atoms with E-state index in [4.69, 9.17) is 10.2 Å². The van der Waals surface area contributed by atoms with Gasteiger partial charge < -0.3 is 14.9 Å². The molecule has 6 heteroatoms. The zero-order valence-electron chi connectivity index (χ0n) is 4.53. The fourth-order valence-electron chi connectivity index (χ4n) is 0.192. The van der Waals surface area contributed by atoms with Crippen LogP contribution in [0.1, 0.15) is 0 Å². The molecule has 0 fully saturated rings. The molecule has 0 amide bonds. The molecular formula is C4H7NaO5. The number of hydrogen-bond acceptors (Lipinski definition) is 5. The second kappa shape index (κ2) is 7.17. The van der Waals surface area contributed by atoms with E-state index in [9.17, 15) is 9.59 Å². The van der Waals surface area contributed by atoms with Gasteiger partial charge in [0, 0.05) is 0 Å². The third-order valence-electron chi connectivity index (χ3n) is 0.486. The van der Waals surface area contributed by atoms with Gasteiger partial charge in [0.05, 0.1) is 0 Å². The number of hydrogen-bond donors (Lipinski definition) is 2. The van der Waals surface area contributed by atoms with Crippen LogP contribution in [0.3, 0.4) is 0 Å². The van der Waals surface area contributed by atoms with Crippen LogP contribution in [0.5, 0.6) is 0 Å². The first-order chi connectivity index (χ1) is 4.20. The van der Waals surface area contributed by atoms with Gasteiger partial charge in [-0.3, -0.25) is 0 Å². The van der Waals surface area contributed by atoms with E-state index < -0.39 is 25.2 Å². The molecule has 0 aliphatic carbocycles. The van der Waals surface area contributed by atoms with Crippen molar-refractivity contribution in [3.05, 3.63) is 0 Å². The zero-order chi connectivity index (χ0) is 7.28. The van der Waals surface area contributed by atoms with Crippen molar-refractivity contribution < 1.29 is 24.5 Å². The van der Waals surface area contributed by atoms with Gasteiger partial charge in [0.1, 0.15) is 13.2 Å². The molecule has 54 valence electrons. The number of aliphatic hydroxyl groups is 2. The van der Waals surface area contributed by atoms with Gasteiger partial charge >= 0.3 is 41.5 Å². The van der Waals surface area contributed by atoms with Crippen molar-refractivity contribution >= 4 is 41.5 Å². The van der Waals surface area contributed by atoms with Crippen molar-refractivity contribution in [2.24, 2.45) is 0 Å². The summed E-state index contributed by atoms with van der Waals surface area (Å²) in [5, 5.41) is 15.9.